The minimum absolute atomic E-state index is 0.139. The Hall–Kier alpha value is -2.36. The fraction of sp³-hybridized carbons (Fsp3) is 0.391. The van der Waals surface area contributed by atoms with Gasteiger partial charge < -0.3 is 14.6 Å². The van der Waals surface area contributed by atoms with Crippen LogP contribution < -0.4 is 5.32 Å². The summed E-state index contributed by atoms with van der Waals surface area (Å²) in [5.41, 5.74) is 2.31. The number of esters is 1. The standard InChI is InChI=1S/C23H25ClN4O3S2/c1-4-28-20(14-7-5-6-8-16(14)24)26-27-23(28)32-12-18(29)25-21-19(22(30)31-3)15-10-9-13(2)11-17(15)33-21/h5-8,13H,4,9-12H2,1-3H3,(H,25,29). The highest BCUT2D eigenvalue weighted by molar-refractivity contribution is 7.99. The van der Waals surface area contributed by atoms with Crippen molar-refractivity contribution in [2.24, 2.45) is 5.92 Å². The summed E-state index contributed by atoms with van der Waals surface area (Å²) in [4.78, 5) is 26.4. The van der Waals surface area contributed by atoms with Crippen molar-refractivity contribution >= 4 is 51.6 Å². The Labute approximate surface area is 205 Å². The SMILES string of the molecule is CCn1c(SCC(=O)Nc2sc3c(c2C(=O)OC)CCC(C)C3)nnc1-c1ccccc1Cl. The molecule has 0 saturated carbocycles. The number of nitrogens with one attached hydrogen (secondary N) is 1. The molecule has 2 heterocycles. The van der Waals surface area contributed by atoms with Gasteiger partial charge in [0.25, 0.3) is 0 Å². The first kappa shape index (κ1) is 23.8. The highest BCUT2D eigenvalue weighted by atomic mass is 35.5. The first-order chi connectivity index (χ1) is 15.9. The Morgan fingerprint density at radius 1 is 1.33 bits per heavy atom. The van der Waals surface area contributed by atoms with Crippen LogP contribution in [0, 0.1) is 5.92 Å². The number of aromatic nitrogens is 3. The molecule has 3 aromatic rings. The summed E-state index contributed by atoms with van der Waals surface area (Å²) >= 11 is 9.11. The Morgan fingerprint density at radius 3 is 2.85 bits per heavy atom. The van der Waals surface area contributed by atoms with E-state index in [9.17, 15) is 9.59 Å². The minimum Gasteiger partial charge on any atom is -0.465 e. The smallest absolute Gasteiger partial charge is 0.341 e. The normalized spacial score (nSPS) is 15.2. The van der Waals surface area contributed by atoms with Crippen LogP contribution in [0.5, 0.6) is 0 Å². The largest absolute Gasteiger partial charge is 0.465 e. The van der Waals surface area contributed by atoms with Crippen LogP contribution in [0.4, 0.5) is 5.00 Å². The molecule has 1 aliphatic rings. The Kier molecular flexibility index (Phi) is 7.41. The van der Waals surface area contributed by atoms with E-state index in [0.29, 0.717) is 39.0 Å². The molecular formula is C23H25ClN4O3S2. The number of carbonyl (C=O) groups is 2. The van der Waals surface area contributed by atoms with E-state index in [1.54, 1.807) is 0 Å². The third-order valence-electron chi connectivity index (χ3n) is 5.63. The number of carbonyl (C=O) groups excluding carboxylic acids is 2. The molecule has 1 atom stereocenters. The quantitative estimate of drug-likeness (QED) is 0.346. The van der Waals surface area contributed by atoms with E-state index < -0.39 is 5.97 Å². The average molecular weight is 505 g/mol. The highest BCUT2D eigenvalue weighted by Gasteiger charge is 2.29. The lowest BCUT2D eigenvalue weighted by Crippen LogP contribution is -2.17. The van der Waals surface area contributed by atoms with Gasteiger partial charge in [0, 0.05) is 17.0 Å². The van der Waals surface area contributed by atoms with Crippen LogP contribution in [0.1, 0.15) is 41.1 Å². The molecule has 0 fully saturated rings. The van der Waals surface area contributed by atoms with Gasteiger partial charge in [-0.15, -0.1) is 21.5 Å². The predicted molar refractivity (Wildman–Crippen MR) is 132 cm³/mol. The second-order valence-corrected chi connectivity index (χ2v) is 10.4. The maximum absolute atomic E-state index is 12.8. The average Bonchev–Trinajstić information content (AvgIpc) is 3.37. The summed E-state index contributed by atoms with van der Waals surface area (Å²) in [6, 6.07) is 7.47. The number of halogens is 1. The van der Waals surface area contributed by atoms with E-state index in [1.807, 2.05) is 35.8 Å². The van der Waals surface area contributed by atoms with Gasteiger partial charge >= 0.3 is 5.97 Å². The number of ether oxygens (including phenoxy) is 1. The molecule has 1 unspecified atom stereocenters. The van der Waals surface area contributed by atoms with Crippen molar-refractivity contribution in [3.05, 3.63) is 45.3 Å². The Bertz CT molecular complexity index is 1190. The first-order valence-corrected chi connectivity index (χ1v) is 12.9. The van der Waals surface area contributed by atoms with Crippen LogP contribution >= 0.6 is 34.7 Å². The molecular weight excluding hydrogens is 480 g/mol. The van der Waals surface area contributed by atoms with Crippen LogP contribution in [-0.4, -0.2) is 39.5 Å². The fourth-order valence-electron chi connectivity index (χ4n) is 3.97. The van der Waals surface area contributed by atoms with Gasteiger partial charge in [0.2, 0.25) is 5.91 Å². The number of thioether (sulfide) groups is 1. The fourth-order valence-corrected chi connectivity index (χ4v) is 6.41. The molecule has 7 nitrogen and oxygen atoms in total. The third-order valence-corrected chi connectivity index (χ3v) is 8.10. The number of benzene rings is 1. The first-order valence-electron chi connectivity index (χ1n) is 10.8. The van der Waals surface area contributed by atoms with Gasteiger partial charge in [-0.3, -0.25) is 4.79 Å². The van der Waals surface area contributed by atoms with Crippen molar-refractivity contribution in [1.29, 1.82) is 0 Å². The topological polar surface area (TPSA) is 86.1 Å². The van der Waals surface area contributed by atoms with Crippen LogP contribution in [0.15, 0.2) is 29.4 Å². The van der Waals surface area contributed by atoms with Crippen LogP contribution in [0.3, 0.4) is 0 Å². The maximum atomic E-state index is 12.8. The van der Waals surface area contributed by atoms with E-state index in [4.69, 9.17) is 16.3 Å². The van der Waals surface area contributed by atoms with Crippen molar-refractivity contribution in [2.45, 2.75) is 44.8 Å². The van der Waals surface area contributed by atoms with Crippen molar-refractivity contribution in [3.8, 4) is 11.4 Å². The number of anilines is 1. The second-order valence-electron chi connectivity index (χ2n) is 7.91. The molecule has 1 amide bonds. The molecule has 33 heavy (non-hydrogen) atoms. The third kappa shape index (κ3) is 4.95. The molecule has 0 bridgehead atoms. The van der Waals surface area contributed by atoms with E-state index >= 15 is 0 Å². The molecule has 1 aliphatic carbocycles. The Balaban J connectivity index is 1.50. The molecule has 174 valence electrons. The number of nitrogens with zero attached hydrogens (tertiary/aromatic N) is 3. The lowest BCUT2D eigenvalue weighted by Gasteiger charge is -2.18. The van der Waals surface area contributed by atoms with Gasteiger partial charge in [0.05, 0.1) is 23.4 Å². The second kappa shape index (κ2) is 10.3. The molecule has 0 radical (unpaired) electrons. The maximum Gasteiger partial charge on any atom is 0.341 e. The number of amides is 1. The van der Waals surface area contributed by atoms with E-state index in [-0.39, 0.29) is 11.7 Å². The zero-order chi connectivity index (χ0) is 23.5. The van der Waals surface area contributed by atoms with Crippen molar-refractivity contribution in [3.63, 3.8) is 0 Å². The molecule has 0 saturated heterocycles. The van der Waals surface area contributed by atoms with Gasteiger partial charge in [-0.05, 0) is 49.8 Å². The van der Waals surface area contributed by atoms with E-state index in [1.165, 1.54) is 30.2 Å². The summed E-state index contributed by atoms with van der Waals surface area (Å²) in [5.74, 6) is 0.759. The molecule has 4 rings (SSSR count). The molecule has 0 aliphatic heterocycles. The van der Waals surface area contributed by atoms with Gasteiger partial charge in [-0.2, -0.15) is 0 Å². The molecule has 1 aromatic carbocycles. The number of rotatable bonds is 7. The molecule has 1 N–H and O–H groups in total. The lowest BCUT2D eigenvalue weighted by atomic mass is 9.88. The van der Waals surface area contributed by atoms with Crippen LogP contribution in [-0.2, 0) is 28.9 Å². The van der Waals surface area contributed by atoms with E-state index in [2.05, 4.69) is 22.4 Å². The highest BCUT2D eigenvalue weighted by Crippen LogP contribution is 2.40. The van der Waals surface area contributed by atoms with Crippen molar-refractivity contribution < 1.29 is 14.3 Å². The van der Waals surface area contributed by atoms with Gasteiger partial charge in [0.1, 0.15) is 5.00 Å². The number of fused-ring (bicyclic) bond motifs is 1. The molecule has 0 spiro atoms. The van der Waals surface area contributed by atoms with Gasteiger partial charge in [0.15, 0.2) is 11.0 Å². The zero-order valence-electron chi connectivity index (χ0n) is 18.7. The molecule has 10 heteroatoms. The number of thiophene rings is 1. The summed E-state index contributed by atoms with van der Waals surface area (Å²) in [5, 5.41) is 13.3. The van der Waals surface area contributed by atoms with Crippen molar-refractivity contribution in [2.75, 3.05) is 18.2 Å². The zero-order valence-corrected chi connectivity index (χ0v) is 21.1. The predicted octanol–water partition coefficient (Wildman–Crippen LogP) is 5.32. The summed E-state index contributed by atoms with van der Waals surface area (Å²) in [6.07, 6.45) is 2.77. The summed E-state index contributed by atoms with van der Waals surface area (Å²) in [6.45, 7) is 4.84. The summed E-state index contributed by atoms with van der Waals surface area (Å²) in [7, 11) is 1.37. The number of hydrogen-bond donors (Lipinski definition) is 1. The van der Waals surface area contributed by atoms with Gasteiger partial charge in [-0.25, -0.2) is 4.79 Å². The molecule has 2 aromatic heterocycles. The van der Waals surface area contributed by atoms with Crippen LogP contribution in [0.25, 0.3) is 11.4 Å². The number of hydrogen-bond acceptors (Lipinski definition) is 7. The number of methoxy groups -OCH3 is 1. The minimum atomic E-state index is -0.403. The van der Waals surface area contributed by atoms with Gasteiger partial charge in [-0.1, -0.05) is 42.4 Å². The monoisotopic (exact) mass is 504 g/mol. The lowest BCUT2D eigenvalue weighted by molar-refractivity contribution is -0.113. The summed E-state index contributed by atoms with van der Waals surface area (Å²) < 4.78 is 6.94. The van der Waals surface area contributed by atoms with Crippen LogP contribution in [0.2, 0.25) is 5.02 Å². The Morgan fingerprint density at radius 2 is 2.12 bits per heavy atom. The van der Waals surface area contributed by atoms with E-state index in [0.717, 1.165) is 35.3 Å². The van der Waals surface area contributed by atoms with Crippen molar-refractivity contribution in [1.82, 2.24) is 14.8 Å².